The number of aliphatic hydroxyl groups excluding tert-OH is 3. The molecule has 4 heteroatoms. The van der Waals surface area contributed by atoms with Gasteiger partial charge in [0.25, 0.3) is 0 Å². The average molecular weight is 422 g/mol. The number of nitrogens with zero attached hydrogens (tertiary/aromatic N) is 1. The van der Waals surface area contributed by atoms with Crippen LogP contribution in [0, 0.1) is 5.41 Å². The molecule has 0 saturated heterocycles. The SMILES string of the molecule is CC(C)c1nc2c(c(C3=CCCC3)c1[C@@H](O)c1ccc(CO)cc1)C(O)CC(C)(C)C2. The fourth-order valence-electron chi connectivity index (χ4n) is 5.26. The summed E-state index contributed by atoms with van der Waals surface area (Å²) in [6.07, 6.45) is 5.50. The predicted octanol–water partition coefficient (Wildman–Crippen LogP) is 5.35. The Bertz CT molecular complexity index is 989. The number of pyridine rings is 1. The molecule has 1 heterocycles. The smallest absolute Gasteiger partial charge is 0.106 e. The van der Waals surface area contributed by atoms with Crippen LogP contribution in [0.2, 0.25) is 0 Å². The number of hydrogen-bond donors (Lipinski definition) is 3. The second-order valence-electron chi connectivity index (χ2n) is 10.3. The molecule has 31 heavy (non-hydrogen) atoms. The Morgan fingerprint density at radius 1 is 1.16 bits per heavy atom. The van der Waals surface area contributed by atoms with E-state index in [4.69, 9.17) is 4.98 Å². The first-order valence-corrected chi connectivity index (χ1v) is 11.5. The molecule has 0 fully saturated rings. The topological polar surface area (TPSA) is 73.6 Å². The standard InChI is InChI=1S/C27H35NO3/c1-16(2)25-24(26(31)19-11-9-17(15-29)10-12-19)22(18-7-5-6-8-18)23-20(28-25)13-27(3,4)14-21(23)30/h7,9-12,16,21,26,29-31H,5-6,8,13-15H2,1-4H3/t21?,26-/m0/s1. The normalized spacial score (nSPS) is 21.2. The van der Waals surface area contributed by atoms with Gasteiger partial charge in [-0.1, -0.05) is 58.0 Å². The Morgan fingerprint density at radius 2 is 1.87 bits per heavy atom. The van der Waals surface area contributed by atoms with Gasteiger partial charge < -0.3 is 15.3 Å². The van der Waals surface area contributed by atoms with Crippen molar-refractivity contribution in [3.8, 4) is 0 Å². The Kier molecular flexibility index (Phi) is 6.08. The Hall–Kier alpha value is -2.01. The Morgan fingerprint density at radius 3 is 2.45 bits per heavy atom. The third-order valence-electron chi connectivity index (χ3n) is 6.77. The van der Waals surface area contributed by atoms with Crippen molar-refractivity contribution in [2.75, 3.05) is 0 Å². The van der Waals surface area contributed by atoms with Crippen molar-refractivity contribution in [3.05, 3.63) is 69.5 Å². The van der Waals surface area contributed by atoms with Crippen LogP contribution in [-0.4, -0.2) is 20.3 Å². The maximum Gasteiger partial charge on any atom is 0.106 e. The molecule has 166 valence electrons. The zero-order chi connectivity index (χ0) is 22.3. The van der Waals surface area contributed by atoms with Crippen LogP contribution >= 0.6 is 0 Å². The number of benzene rings is 1. The van der Waals surface area contributed by atoms with E-state index in [2.05, 4.69) is 33.8 Å². The highest BCUT2D eigenvalue weighted by Crippen LogP contribution is 2.48. The second-order valence-corrected chi connectivity index (χ2v) is 10.3. The predicted molar refractivity (Wildman–Crippen MR) is 124 cm³/mol. The summed E-state index contributed by atoms with van der Waals surface area (Å²) in [5, 5.41) is 32.2. The number of allylic oxidation sites excluding steroid dienone is 2. The van der Waals surface area contributed by atoms with Crippen LogP contribution in [0.1, 0.15) is 111 Å². The van der Waals surface area contributed by atoms with Gasteiger partial charge in [-0.3, -0.25) is 4.98 Å². The van der Waals surface area contributed by atoms with E-state index < -0.39 is 12.2 Å². The van der Waals surface area contributed by atoms with Gasteiger partial charge in [0.2, 0.25) is 0 Å². The maximum atomic E-state index is 11.6. The van der Waals surface area contributed by atoms with E-state index in [-0.39, 0.29) is 17.9 Å². The molecule has 4 nitrogen and oxygen atoms in total. The molecule has 3 N–H and O–H groups in total. The third-order valence-corrected chi connectivity index (χ3v) is 6.77. The minimum atomic E-state index is -0.832. The first-order valence-electron chi connectivity index (χ1n) is 11.5. The Labute approximate surface area is 185 Å². The molecule has 1 aromatic heterocycles. The average Bonchev–Trinajstić information content (AvgIpc) is 3.25. The van der Waals surface area contributed by atoms with Gasteiger partial charge >= 0.3 is 0 Å². The van der Waals surface area contributed by atoms with E-state index in [1.807, 2.05) is 24.3 Å². The van der Waals surface area contributed by atoms with E-state index >= 15 is 0 Å². The number of aliphatic hydroxyl groups is 3. The monoisotopic (exact) mass is 421 g/mol. The molecule has 2 aliphatic rings. The molecule has 1 aromatic carbocycles. The lowest BCUT2D eigenvalue weighted by molar-refractivity contribution is 0.0972. The van der Waals surface area contributed by atoms with Crippen LogP contribution < -0.4 is 0 Å². The van der Waals surface area contributed by atoms with Crippen LogP contribution in [0.25, 0.3) is 5.57 Å². The summed E-state index contributed by atoms with van der Waals surface area (Å²) in [7, 11) is 0. The lowest BCUT2D eigenvalue weighted by Gasteiger charge is -2.37. The molecule has 0 bridgehead atoms. The molecule has 0 spiro atoms. The van der Waals surface area contributed by atoms with Crippen LogP contribution in [0.3, 0.4) is 0 Å². The summed E-state index contributed by atoms with van der Waals surface area (Å²) in [5.41, 5.74) is 7.55. The molecule has 0 saturated carbocycles. The molecule has 4 rings (SSSR count). The van der Waals surface area contributed by atoms with Gasteiger partial charge in [0.05, 0.1) is 12.7 Å². The van der Waals surface area contributed by atoms with Crippen molar-refractivity contribution in [3.63, 3.8) is 0 Å². The second kappa shape index (κ2) is 8.50. The van der Waals surface area contributed by atoms with Gasteiger partial charge in [-0.25, -0.2) is 0 Å². The number of fused-ring (bicyclic) bond motifs is 1. The van der Waals surface area contributed by atoms with E-state index in [9.17, 15) is 15.3 Å². The minimum absolute atomic E-state index is 0.00471. The summed E-state index contributed by atoms with van der Waals surface area (Å²) in [4.78, 5) is 5.08. The van der Waals surface area contributed by atoms with Crippen LogP contribution in [0.15, 0.2) is 30.3 Å². The molecule has 0 aliphatic heterocycles. The number of hydrogen-bond acceptors (Lipinski definition) is 4. The lowest BCUT2D eigenvalue weighted by Crippen LogP contribution is -2.29. The lowest BCUT2D eigenvalue weighted by atomic mass is 9.71. The largest absolute Gasteiger partial charge is 0.392 e. The van der Waals surface area contributed by atoms with E-state index in [0.717, 1.165) is 64.9 Å². The molecule has 2 atom stereocenters. The van der Waals surface area contributed by atoms with Crippen LogP contribution in [0.4, 0.5) is 0 Å². The van der Waals surface area contributed by atoms with E-state index in [1.54, 1.807) is 0 Å². The summed E-state index contributed by atoms with van der Waals surface area (Å²) < 4.78 is 0. The van der Waals surface area contributed by atoms with Gasteiger partial charge in [-0.05, 0) is 65.7 Å². The van der Waals surface area contributed by atoms with Gasteiger partial charge in [0.1, 0.15) is 6.10 Å². The van der Waals surface area contributed by atoms with Crippen LogP contribution in [-0.2, 0) is 13.0 Å². The highest BCUT2D eigenvalue weighted by Gasteiger charge is 2.38. The van der Waals surface area contributed by atoms with Crippen molar-refractivity contribution in [1.29, 1.82) is 0 Å². The van der Waals surface area contributed by atoms with Crippen molar-refractivity contribution < 1.29 is 15.3 Å². The third kappa shape index (κ3) is 4.21. The van der Waals surface area contributed by atoms with Gasteiger partial charge in [-0.2, -0.15) is 0 Å². The maximum absolute atomic E-state index is 11.6. The molecular formula is C27H35NO3. The first-order chi connectivity index (χ1) is 14.7. The number of rotatable bonds is 5. The Balaban J connectivity index is 1.97. The van der Waals surface area contributed by atoms with Gasteiger partial charge in [0, 0.05) is 22.5 Å². The first kappa shape index (κ1) is 22.2. The van der Waals surface area contributed by atoms with Gasteiger partial charge in [0.15, 0.2) is 0 Å². The summed E-state index contributed by atoms with van der Waals surface area (Å²) in [6, 6.07) is 7.47. The minimum Gasteiger partial charge on any atom is -0.392 e. The zero-order valence-corrected chi connectivity index (χ0v) is 19.2. The fourth-order valence-corrected chi connectivity index (χ4v) is 5.26. The highest BCUT2D eigenvalue weighted by molar-refractivity contribution is 5.75. The molecular weight excluding hydrogens is 386 g/mol. The molecule has 1 unspecified atom stereocenters. The van der Waals surface area contributed by atoms with Crippen molar-refractivity contribution in [2.24, 2.45) is 5.41 Å². The summed E-state index contributed by atoms with van der Waals surface area (Å²) in [6.45, 7) is 8.61. The fraction of sp³-hybridized carbons (Fsp3) is 0.519. The summed E-state index contributed by atoms with van der Waals surface area (Å²) >= 11 is 0. The highest BCUT2D eigenvalue weighted by atomic mass is 16.3. The number of aromatic nitrogens is 1. The molecule has 2 aliphatic carbocycles. The quantitative estimate of drug-likeness (QED) is 0.608. The van der Waals surface area contributed by atoms with E-state index in [1.165, 1.54) is 5.57 Å². The van der Waals surface area contributed by atoms with Crippen LogP contribution in [0.5, 0.6) is 0 Å². The molecule has 0 radical (unpaired) electrons. The zero-order valence-electron chi connectivity index (χ0n) is 19.2. The van der Waals surface area contributed by atoms with Crippen molar-refractivity contribution >= 4 is 5.57 Å². The van der Waals surface area contributed by atoms with Gasteiger partial charge in [-0.15, -0.1) is 0 Å². The molecule has 0 amide bonds. The molecule has 2 aromatic rings. The van der Waals surface area contributed by atoms with Crippen molar-refractivity contribution in [1.82, 2.24) is 4.98 Å². The van der Waals surface area contributed by atoms with E-state index in [0.29, 0.717) is 6.42 Å². The van der Waals surface area contributed by atoms with Crippen molar-refractivity contribution in [2.45, 2.75) is 84.5 Å². The summed E-state index contributed by atoms with van der Waals surface area (Å²) in [5.74, 6) is 0.148.